The van der Waals surface area contributed by atoms with Gasteiger partial charge in [0.1, 0.15) is 11.4 Å². The van der Waals surface area contributed by atoms with Gasteiger partial charge in [0.2, 0.25) is 0 Å². The lowest BCUT2D eigenvalue weighted by Gasteiger charge is -2.34. The summed E-state index contributed by atoms with van der Waals surface area (Å²) in [4.78, 5) is 2.21. The zero-order valence-electron chi connectivity index (χ0n) is 18.8. The van der Waals surface area contributed by atoms with Crippen molar-refractivity contribution in [3.05, 3.63) is 17.7 Å². The highest BCUT2D eigenvalue weighted by atomic mass is 32.1. The fourth-order valence-corrected chi connectivity index (χ4v) is 6.55. The number of hydrogen-bond acceptors (Lipinski definition) is 9. The Morgan fingerprint density at radius 3 is 1.75 bits per heavy atom. The topological polar surface area (TPSA) is 86.6 Å². The number of aliphatic hydroxyl groups excluding tert-OH is 2. The molecule has 172 valence electrons. The quantitative estimate of drug-likeness (QED) is 0.646. The molecule has 0 amide bonds. The normalized spacial score (nSPS) is 23.4. The first-order valence-corrected chi connectivity index (χ1v) is 12.4. The summed E-state index contributed by atoms with van der Waals surface area (Å²) in [5.74, 6) is 0.830. The second kappa shape index (κ2) is 8.09. The highest BCUT2D eigenvalue weighted by Gasteiger charge is 2.43. The van der Waals surface area contributed by atoms with Crippen molar-refractivity contribution in [1.29, 1.82) is 0 Å². The summed E-state index contributed by atoms with van der Waals surface area (Å²) < 4.78 is 32.1. The minimum Gasteiger partial charge on any atom is -0.482 e. The number of hydrogen-bond donors (Lipinski definition) is 2. The zero-order valence-corrected chi connectivity index (χ0v) is 20.4. The van der Waals surface area contributed by atoms with Crippen molar-refractivity contribution in [2.24, 2.45) is 10.8 Å². The van der Waals surface area contributed by atoms with E-state index in [9.17, 15) is 10.2 Å². The Morgan fingerprint density at radius 1 is 0.781 bits per heavy atom. The third-order valence-corrected chi connectivity index (χ3v) is 8.71. The summed E-state index contributed by atoms with van der Waals surface area (Å²) in [5.41, 5.74) is -0.113. The van der Waals surface area contributed by atoms with Crippen molar-refractivity contribution in [3.8, 4) is 15.5 Å². The van der Waals surface area contributed by atoms with Crippen LogP contribution in [0.2, 0.25) is 0 Å². The molecule has 0 aliphatic carbocycles. The molecule has 0 aromatic carbocycles. The van der Waals surface area contributed by atoms with E-state index >= 15 is 0 Å². The van der Waals surface area contributed by atoms with Gasteiger partial charge in [-0.2, -0.15) is 0 Å². The van der Waals surface area contributed by atoms with Gasteiger partial charge in [0, 0.05) is 52.4 Å². The average Bonchev–Trinajstić information content (AvgIpc) is 3.40. The third-order valence-electron chi connectivity index (χ3n) is 6.25. The number of thiophene rings is 2. The molecule has 5 heterocycles. The maximum Gasteiger partial charge on any atom is 0.504 e. The minimum absolute atomic E-state index is 0.0298. The molecule has 3 aliphatic heterocycles. The van der Waals surface area contributed by atoms with Gasteiger partial charge in [-0.3, -0.25) is 0 Å². The van der Waals surface area contributed by atoms with Crippen LogP contribution in [-0.4, -0.2) is 64.1 Å². The first kappa shape index (κ1) is 22.9. The first-order chi connectivity index (χ1) is 15.2. The summed E-state index contributed by atoms with van der Waals surface area (Å²) >= 11 is 3.28. The first-order valence-electron chi connectivity index (χ1n) is 10.8. The Labute approximate surface area is 196 Å². The van der Waals surface area contributed by atoms with E-state index in [0.29, 0.717) is 26.4 Å². The van der Waals surface area contributed by atoms with Gasteiger partial charge >= 0.3 is 14.2 Å². The van der Waals surface area contributed by atoms with Crippen LogP contribution in [0.25, 0.3) is 9.75 Å². The summed E-state index contributed by atoms with van der Waals surface area (Å²) in [6.07, 6.45) is 0. The maximum absolute atomic E-state index is 9.56. The van der Waals surface area contributed by atoms with E-state index in [2.05, 4.69) is 19.9 Å². The molecule has 7 nitrogen and oxygen atoms in total. The SMILES string of the molecule is CC1(CO)COB(c2cc3c(s2)-c2sc(B4OCC(C)(CO)CO4)cc2C(C)(C)O3)OC1. The number of rotatable bonds is 4. The van der Waals surface area contributed by atoms with Crippen LogP contribution in [0.5, 0.6) is 5.75 Å². The summed E-state index contributed by atoms with van der Waals surface area (Å²) in [5, 5.41) is 19.1. The molecule has 0 bridgehead atoms. The Balaban J connectivity index is 1.41. The van der Waals surface area contributed by atoms with Crippen LogP contribution in [0.15, 0.2) is 12.1 Å². The lowest BCUT2D eigenvalue weighted by atomic mass is 9.80. The second-order valence-electron chi connectivity index (χ2n) is 10.2. The smallest absolute Gasteiger partial charge is 0.482 e. The lowest BCUT2D eigenvalue weighted by molar-refractivity contribution is -0.0145. The molecular weight excluding hydrogens is 450 g/mol. The number of aliphatic hydroxyl groups is 2. The summed E-state index contributed by atoms with van der Waals surface area (Å²) in [6, 6.07) is 4.13. The molecule has 2 aromatic heterocycles. The van der Waals surface area contributed by atoms with E-state index in [0.717, 1.165) is 30.6 Å². The largest absolute Gasteiger partial charge is 0.504 e. The van der Waals surface area contributed by atoms with Crippen LogP contribution >= 0.6 is 22.7 Å². The van der Waals surface area contributed by atoms with Gasteiger partial charge in [-0.05, 0) is 26.0 Å². The average molecular weight is 478 g/mol. The molecule has 3 aliphatic rings. The fourth-order valence-electron chi connectivity index (χ4n) is 4.01. The van der Waals surface area contributed by atoms with Gasteiger partial charge in [0.25, 0.3) is 0 Å². The van der Waals surface area contributed by atoms with Crippen molar-refractivity contribution < 1.29 is 33.6 Å². The van der Waals surface area contributed by atoms with E-state index in [4.69, 9.17) is 23.4 Å². The van der Waals surface area contributed by atoms with Gasteiger partial charge in [-0.15, -0.1) is 22.7 Å². The van der Waals surface area contributed by atoms with Crippen molar-refractivity contribution in [3.63, 3.8) is 0 Å². The third kappa shape index (κ3) is 3.96. The lowest BCUT2D eigenvalue weighted by Crippen LogP contribution is -2.49. The molecule has 2 N–H and O–H groups in total. The van der Waals surface area contributed by atoms with Crippen LogP contribution < -0.4 is 14.3 Å². The van der Waals surface area contributed by atoms with Gasteiger partial charge in [-0.25, -0.2) is 0 Å². The molecule has 0 atom stereocenters. The van der Waals surface area contributed by atoms with Gasteiger partial charge in [0.15, 0.2) is 0 Å². The molecule has 32 heavy (non-hydrogen) atoms. The Bertz CT molecular complexity index is 988. The highest BCUT2D eigenvalue weighted by molar-refractivity contribution is 7.31. The molecule has 2 fully saturated rings. The standard InChI is InChI=1S/C21H28B2O7S2/c1-19(2)13-5-15(22-26-9-20(3,7-24)10-27-22)31-17(13)18-14(30-19)6-16(32-18)23-28-11-21(4,8-25)12-29-23/h5-6,24-25H,7-12H2,1-4H3. The second-order valence-corrected chi connectivity index (χ2v) is 12.4. The zero-order chi connectivity index (χ0) is 22.7. The van der Waals surface area contributed by atoms with Crippen molar-refractivity contribution in [1.82, 2.24) is 0 Å². The van der Waals surface area contributed by atoms with Crippen LogP contribution in [0.4, 0.5) is 0 Å². The molecule has 0 saturated carbocycles. The van der Waals surface area contributed by atoms with Crippen LogP contribution in [0, 0.1) is 10.8 Å². The maximum atomic E-state index is 9.56. The molecule has 5 rings (SSSR count). The van der Waals surface area contributed by atoms with E-state index in [-0.39, 0.29) is 24.0 Å². The van der Waals surface area contributed by atoms with Gasteiger partial charge < -0.3 is 33.6 Å². The molecule has 2 aromatic rings. The molecule has 2 saturated heterocycles. The number of ether oxygens (including phenoxy) is 1. The predicted molar refractivity (Wildman–Crippen MR) is 126 cm³/mol. The molecular formula is C21H28B2O7S2. The number of fused-ring (bicyclic) bond motifs is 3. The van der Waals surface area contributed by atoms with E-state index in [1.54, 1.807) is 22.7 Å². The van der Waals surface area contributed by atoms with Gasteiger partial charge in [-0.1, -0.05) is 13.8 Å². The molecule has 11 heteroatoms. The Morgan fingerprint density at radius 2 is 1.25 bits per heavy atom. The molecule has 0 spiro atoms. The van der Waals surface area contributed by atoms with E-state index in [1.807, 2.05) is 19.9 Å². The van der Waals surface area contributed by atoms with Crippen molar-refractivity contribution in [2.75, 3.05) is 39.6 Å². The van der Waals surface area contributed by atoms with E-state index in [1.165, 1.54) is 0 Å². The van der Waals surface area contributed by atoms with Crippen LogP contribution in [0.3, 0.4) is 0 Å². The summed E-state index contributed by atoms with van der Waals surface area (Å²) in [7, 11) is -0.897. The minimum atomic E-state index is -0.493. The summed E-state index contributed by atoms with van der Waals surface area (Å²) in [6.45, 7) is 9.89. The van der Waals surface area contributed by atoms with Crippen molar-refractivity contribution >= 4 is 46.5 Å². The Hall–Kier alpha value is -0.910. The monoisotopic (exact) mass is 478 g/mol. The van der Waals surface area contributed by atoms with E-state index < -0.39 is 19.8 Å². The van der Waals surface area contributed by atoms with Gasteiger partial charge in [0.05, 0.1) is 23.0 Å². The molecule has 0 radical (unpaired) electrons. The van der Waals surface area contributed by atoms with Crippen LogP contribution in [-0.2, 0) is 24.2 Å². The Kier molecular flexibility index (Phi) is 5.78. The fraction of sp³-hybridized carbons (Fsp3) is 0.619. The molecule has 0 unspecified atom stereocenters. The van der Waals surface area contributed by atoms with Crippen molar-refractivity contribution in [2.45, 2.75) is 33.3 Å². The highest BCUT2D eigenvalue weighted by Crippen LogP contribution is 2.49. The predicted octanol–water partition coefficient (Wildman–Crippen LogP) is 1.59. The van der Waals surface area contributed by atoms with Crippen LogP contribution in [0.1, 0.15) is 33.3 Å².